The molecule has 0 aliphatic carbocycles. The largest absolute Gasteiger partial charge is 0.544 e. The van der Waals surface area contributed by atoms with Crippen LogP contribution in [-0.4, -0.2) is 56.2 Å². The van der Waals surface area contributed by atoms with Crippen molar-refractivity contribution in [3.05, 3.63) is 29.8 Å². The minimum absolute atomic E-state index is 0.0817. The van der Waals surface area contributed by atoms with E-state index in [2.05, 4.69) is 39.2 Å². The quantitative estimate of drug-likeness (QED) is 0.358. The first kappa shape index (κ1) is 27.7. The molecule has 0 fully saturated rings. The molecule has 0 aliphatic heterocycles. The Hall–Kier alpha value is -2.35. The molecule has 32 heavy (non-hydrogen) atoms. The lowest BCUT2D eigenvalue weighted by molar-refractivity contribution is -0.151. The lowest BCUT2D eigenvalue weighted by Crippen LogP contribution is -2.53. The molecule has 1 aromatic rings. The Labute approximate surface area is 194 Å². The van der Waals surface area contributed by atoms with Crippen molar-refractivity contribution in [2.45, 2.75) is 91.1 Å². The summed E-state index contributed by atoms with van der Waals surface area (Å²) in [7, 11) is -0.698. The van der Waals surface area contributed by atoms with Crippen LogP contribution >= 0.6 is 0 Å². The van der Waals surface area contributed by atoms with Gasteiger partial charge < -0.3 is 19.4 Å². The summed E-state index contributed by atoms with van der Waals surface area (Å²) in [6.45, 7) is 18.3. The van der Waals surface area contributed by atoms with E-state index in [1.807, 2.05) is 52.0 Å². The van der Waals surface area contributed by atoms with Gasteiger partial charge in [-0.15, -0.1) is 0 Å². The zero-order valence-corrected chi connectivity index (χ0v) is 22.2. The summed E-state index contributed by atoms with van der Waals surface area (Å²) >= 11 is 0. The van der Waals surface area contributed by atoms with E-state index in [1.54, 1.807) is 0 Å². The highest BCUT2D eigenvalue weighted by Crippen LogP contribution is 2.37. The first-order chi connectivity index (χ1) is 14.6. The second kappa shape index (κ2) is 11.0. The van der Waals surface area contributed by atoms with Gasteiger partial charge in [0.2, 0.25) is 8.32 Å². The molecular weight excluding hydrogens is 424 g/mol. The summed E-state index contributed by atoms with van der Waals surface area (Å²) in [5.74, 6) is -1.31. The standard InChI is InChI=1S/C24H40N2O5Si/c1-16(2)26(17(3)4)22(28)21(27)25-20(23(29)30-8)15-18-11-13-19(14-12-18)31-32(9,10)24(5,6)7/h11-14,16-17,20H,15H2,1-10H3,(H,25,27)/t20-/m0/s1. The summed E-state index contributed by atoms with van der Waals surface area (Å²) in [4.78, 5) is 39.0. The number of rotatable bonds is 8. The molecule has 7 nitrogen and oxygen atoms in total. The van der Waals surface area contributed by atoms with Crippen molar-refractivity contribution >= 4 is 26.1 Å². The van der Waals surface area contributed by atoms with E-state index < -0.39 is 32.1 Å². The van der Waals surface area contributed by atoms with Crippen LogP contribution in [0.1, 0.15) is 54.0 Å². The number of hydrogen-bond acceptors (Lipinski definition) is 5. The van der Waals surface area contributed by atoms with Crippen LogP contribution in [0.15, 0.2) is 24.3 Å². The number of carbonyl (C=O) groups excluding carboxylic acids is 3. The number of carbonyl (C=O) groups is 3. The summed E-state index contributed by atoms with van der Waals surface area (Å²) in [5, 5.41) is 2.63. The third kappa shape index (κ3) is 7.36. The maximum absolute atomic E-state index is 12.6. The highest BCUT2D eigenvalue weighted by Gasteiger charge is 2.39. The van der Waals surface area contributed by atoms with Crippen molar-refractivity contribution in [1.82, 2.24) is 10.2 Å². The molecule has 0 spiro atoms. The first-order valence-electron chi connectivity index (χ1n) is 11.1. The van der Waals surface area contributed by atoms with Gasteiger partial charge in [-0.1, -0.05) is 32.9 Å². The van der Waals surface area contributed by atoms with Crippen molar-refractivity contribution in [2.75, 3.05) is 7.11 Å². The van der Waals surface area contributed by atoms with Gasteiger partial charge in [0.05, 0.1) is 7.11 Å². The highest BCUT2D eigenvalue weighted by molar-refractivity contribution is 6.74. The van der Waals surface area contributed by atoms with E-state index >= 15 is 0 Å². The molecule has 0 heterocycles. The van der Waals surface area contributed by atoms with Crippen LogP contribution in [0.2, 0.25) is 18.1 Å². The minimum Gasteiger partial charge on any atom is -0.544 e. The fourth-order valence-corrected chi connectivity index (χ4v) is 4.15. The molecule has 0 bridgehead atoms. The number of esters is 1. The molecule has 0 aromatic heterocycles. The first-order valence-corrected chi connectivity index (χ1v) is 14.0. The highest BCUT2D eigenvalue weighted by atomic mass is 28.4. The summed E-state index contributed by atoms with van der Waals surface area (Å²) in [5.41, 5.74) is 0.820. The van der Waals surface area contributed by atoms with Crippen LogP contribution in [0, 0.1) is 0 Å². The van der Waals surface area contributed by atoms with E-state index in [9.17, 15) is 14.4 Å². The fourth-order valence-electron chi connectivity index (χ4n) is 3.12. The van der Waals surface area contributed by atoms with Crippen LogP contribution < -0.4 is 9.74 Å². The van der Waals surface area contributed by atoms with Crippen LogP contribution in [-0.2, 0) is 25.5 Å². The van der Waals surface area contributed by atoms with Crippen molar-refractivity contribution < 1.29 is 23.5 Å². The van der Waals surface area contributed by atoms with Gasteiger partial charge in [-0.05, 0) is 63.5 Å². The van der Waals surface area contributed by atoms with Gasteiger partial charge in [-0.25, -0.2) is 4.79 Å². The lowest BCUT2D eigenvalue weighted by atomic mass is 10.1. The van der Waals surface area contributed by atoms with E-state index in [4.69, 9.17) is 9.16 Å². The van der Waals surface area contributed by atoms with Crippen LogP contribution in [0.5, 0.6) is 5.75 Å². The van der Waals surface area contributed by atoms with Crippen molar-refractivity contribution in [3.8, 4) is 5.75 Å². The molecule has 1 aromatic carbocycles. The van der Waals surface area contributed by atoms with E-state index in [1.165, 1.54) is 12.0 Å². The number of hydrogen-bond donors (Lipinski definition) is 1. The Balaban J connectivity index is 2.96. The van der Waals surface area contributed by atoms with E-state index in [0.29, 0.717) is 0 Å². The van der Waals surface area contributed by atoms with Gasteiger partial charge in [0.1, 0.15) is 11.8 Å². The third-order valence-corrected chi connectivity index (χ3v) is 10.2. The molecule has 0 aliphatic rings. The average molecular weight is 465 g/mol. The fraction of sp³-hybridized carbons (Fsp3) is 0.625. The smallest absolute Gasteiger partial charge is 0.328 e. The SMILES string of the molecule is COC(=O)[C@H](Cc1ccc(O[Si](C)(C)C(C)(C)C)cc1)NC(=O)C(=O)N(C(C)C)C(C)C. The maximum atomic E-state index is 12.6. The second-order valence-corrected chi connectivity index (χ2v) is 14.9. The molecule has 0 radical (unpaired) electrons. The molecule has 0 unspecified atom stereocenters. The molecular formula is C24H40N2O5Si. The Morgan fingerprint density at radius 3 is 1.91 bits per heavy atom. The number of amides is 2. The second-order valence-electron chi connectivity index (χ2n) is 10.2. The summed E-state index contributed by atoms with van der Waals surface area (Å²) in [6, 6.07) is 6.22. The number of benzene rings is 1. The predicted octanol–water partition coefficient (Wildman–Crippen LogP) is 3.92. The van der Waals surface area contributed by atoms with Crippen molar-refractivity contribution in [1.29, 1.82) is 0 Å². The van der Waals surface area contributed by atoms with Crippen LogP contribution in [0.4, 0.5) is 0 Å². The Bertz CT molecular complexity index is 790. The monoisotopic (exact) mass is 464 g/mol. The van der Waals surface area contributed by atoms with Gasteiger partial charge in [0, 0.05) is 18.5 Å². The third-order valence-electron chi connectivity index (χ3n) is 5.87. The zero-order chi connectivity index (χ0) is 24.9. The molecule has 1 rings (SSSR count). The molecule has 1 N–H and O–H groups in total. The number of methoxy groups -OCH3 is 1. The Kier molecular flexibility index (Phi) is 9.50. The lowest BCUT2D eigenvalue weighted by Gasteiger charge is -2.36. The summed E-state index contributed by atoms with van der Waals surface area (Å²) < 4.78 is 11.1. The van der Waals surface area contributed by atoms with Crippen molar-refractivity contribution in [3.63, 3.8) is 0 Å². The Morgan fingerprint density at radius 2 is 1.50 bits per heavy atom. The van der Waals surface area contributed by atoms with Gasteiger partial charge in [0.25, 0.3) is 0 Å². The van der Waals surface area contributed by atoms with Gasteiger partial charge in [-0.3, -0.25) is 9.59 Å². The summed E-state index contributed by atoms with van der Waals surface area (Å²) in [6.07, 6.45) is 0.204. The molecule has 2 amide bonds. The number of nitrogens with zero attached hydrogens (tertiary/aromatic N) is 1. The van der Waals surface area contributed by atoms with Crippen molar-refractivity contribution in [2.24, 2.45) is 0 Å². The van der Waals surface area contributed by atoms with E-state index in [0.717, 1.165) is 11.3 Å². The number of nitrogens with one attached hydrogen (secondary N) is 1. The molecule has 8 heteroatoms. The van der Waals surface area contributed by atoms with Crippen LogP contribution in [0.25, 0.3) is 0 Å². The van der Waals surface area contributed by atoms with E-state index in [-0.39, 0.29) is 23.5 Å². The topological polar surface area (TPSA) is 84.9 Å². The molecule has 0 saturated carbocycles. The van der Waals surface area contributed by atoms with Gasteiger partial charge in [-0.2, -0.15) is 0 Å². The van der Waals surface area contributed by atoms with Gasteiger partial charge >= 0.3 is 17.8 Å². The maximum Gasteiger partial charge on any atom is 0.328 e. The zero-order valence-electron chi connectivity index (χ0n) is 21.2. The average Bonchev–Trinajstić information content (AvgIpc) is 2.66. The predicted molar refractivity (Wildman–Crippen MR) is 129 cm³/mol. The number of ether oxygens (including phenoxy) is 1. The van der Waals surface area contributed by atoms with Crippen LogP contribution in [0.3, 0.4) is 0 Å². The molecule has 180 valence electrons. The Morgan fingerprint density at radius 1 is 1.00 bits per heavy atom. The molecule has 1 atom stereocenters. The molecule has 0 saturated heterocycles. The van der Waals surface area contributed by atoms with Gasteiger partial charge in [0.15, 0.2) is 0 Å². The minimum atomic E-state index is -1.96. The normalized spacial score (nSPS) is 13.0.